The van der Waals surface area contributed by atoms with Crippen LogP contribution in [0, 0.1) is 0 Å². The molecule has 0 aromatic rings. The van der Waals surface area contributed by atoms with Crippen molar-refractivity contribution in [1.82, 2.24) is 0 Å². The molecule has 0 heterocycles. The second kappa shape index (κ2) is 24.5. The molecule has 0 amide bonds. The number of methoxy groups -OCH3 is 1. The maximum absolute atomic E-state index is 12.1. The van der Waals surface area contributed by atoms with Gasteiger partial charge < -0.3 is 18.9 Å². The van der Waals surface area contributed by atoms with Gasteiger partial charge in [-0.2, -0.15) is 0 Å². The summed E-state index contributed by atoms with van der Waals surface area (Å²) in [5.74, 6) is 0.0719. The number of Topliss-reactive ketones (excluding diaryl/α,β-unsaturated/α-hetero) is 1. The molecule has 9 heteroatoms. The van der Waals surface area contributed by atoms with Crippen molar-refractivity contribution in [3.05, 3.63) is 0 Å². The van der Waals surface area contributed by atoms with Crippen LogP contribution in [0.2, 0.25) is 0 Å². The van der Waals surface area contributed by atoms with Crippen LogP contribution in [0.3, 0.4) is 0 Å². The lowest BCUT2D eigenvalue weighted by Crippen LogP contribution is -2.37. The Morgan fingerprint density at radius 3 is 1.68 bits per heavy atom. The normalized spacial score (nSPS) is 14.5. The zero-order valence-corrected chi connectivity index (χ0v) is 26.3. The van der Waals surface area contributed by atoms with E-state index in [2.05, 4.69) is 6.92 Å². The average molecular weight is 567 g/mol. The maximum Gasteiger partial charge on any atom is 0.472 e. The molecule has 0 aliphatic rings. The molecule has 0 aliphatic heterocycles. The second-order valence-corrected chi connectivity index (χ2v) is 13.0. The molecule has 0 saturated carbocycles. The number of rotatable bonds is 29. The summed E-state index contributed by atoms with van der Waals surface area (Å²) in [6.07, 6.45) is 20.9. The number of hydrogen-bond acceptors (Lipinski definition) is 6. The minimum absolute atomic E-state index is 0.0232. The molecule has 0 saturated heterocycles. The van der Waals surface area contributed by atoms with Gasteiger partial charge in [0, 0.05) is 13.5 Å². The molecule has 0 aliphatic carbocycles. The summed E-state index contributed by atoms with van der Waals surface area (Å²) < 4.78 is 33.3. The van der Waals surface area contributed by atoms with Crippen molar-refractivity contribution in [2.45, 2.75) is 122 Å². The van der Waals surface area contributed by atoms with Crippen molar-refractivity contribution >= 4 is 13.6 Å². The quantitative estimate of drug-likeness (QED) is 0.0588. The van der Waals surface area contributed by atoms with Gasteiger partial charge in [0.25, 0.3) is 0 Å². The monoisotopic (exact) mass is 566 g/mol. The van der Waals surface area contributed by atoms with Crippen LogP contribution < -0.4 is 0 Å². The summed E-state index contributed by atoms with van der Waals surface area (Å²) >= 11 is 0. The molecule has 228 valence electrons. The minimum Gasteiger partial charge on any atom is -0.377 e. The van der Waals surface area contributed by atoms with E-state index in [0.29, 0.717) is 17.4 Å². The molecule has 0 radical (unpaired) electrons. The van der Waals surface area contributed by atoms with Crippen LogP contribution in [0.4, 0.5) is 0 Å². The standard InChI is InChI=1S/C29H60NO7P/c1-6-7-8-9-10-11-12-13-14-15-16-17-18-19-20-21-22-28(31)25-35-26-29(34-5)27-37-38(32,33)36-24-23-30(2,3)4/h29H,6-27H2,1-5H3/p+1. The molecule has 38 heavy (non-hydrogen) atoms. The van der Waals surface area contributed by atoms with E-state index < -0.39 is 13.9 Å². The number of phosphoric acid groups is 1. The molecule has 0 rings (SSSR count). The van der Waals surface area contributed by atoms with E-state index in [-0.39, 0.29) is 32.2 Å². The fourth-order valence-electron chi connectivity index (χ4n) is 4.08. The van der Waals surface area contributed by atoms with Gasteiger partial charge in [0.1, 0.15) is 25.9 Å². The Kier molecular flexibility index (Phi) is 24.2. The highest BCUT2D eigenvalue weighted by Gasteiger charge is 2.24. The highest BCUT2D eigenvalue weighted by molar-refractivity contribution is 7.47. The molecule has 0 aromatic heterocycles. The minimum atomic E-state index is -4.15. The van der Waals surface area contributed by atoms with Gasteiger partial charge in [0.05, 0.1) is 34.4 Å². The van der Waals surface area contributed by atoms with Gasteiger partial charge >= 0.3 is 7.82 Å². The lowest BCUT2D eigenvalue weighted by Gasteiger charge is -2.24. The molecule has 0 bridgehead atoms. The van der Waals surface area contributed by atoms with Crippen molar-refractivity contribution in [1.29, 1.82) is 0 Å². The van der Waals surface area contributed by atoms with E-state index in [1.807, 2.05) is 21.1 Å². The van der Waals surface area contributed by atoms with Crippen LogP contribution >= 0.6 is 7.82 Å². The first-order valence-electron chi connectivity index (χ1n) is 15.1. The summed E-state index contributed by atoms with van der Waals surface area (Å²) in [4.78, 5) is 21.9. The number of likely N-dealkylation sites (N-methyl/N-ethyl adjacent to an activating group) is 1. The van der Waals surface area contributed by atoms with E-state index in [0.717, 1.165) is 12.8 Å². The van der Waals surface area contributed by atoms with Crippen LogP contribution in [0.1, 0.15) is 116 Å². The predicted molar refractivity (Wildman–Crippen MR) is 155 cm³/mol. The van der Waals surface area contributed by atoms with E-state index in [1.54, 1.807) is 0 Å². The zero-order valence-electron chi connectivity index (χ0n) is 25.4. The Labute approximate surface area is 234 Å². The number of ether oxygens (including phenoxy) is 2. The Bertz CT molecular complexity index is 598. The first-order valence-corrected chi connectivity index (χ1v) is 16.6. The molecular formula is C29H61NO7P+. The van der Waals surface area contributed by atoms with Crippen LogP contribution in [0.15, 0.2) is 0 Å². The molecule has 2 unspecified atom stereocenters. The number of phosphoric ester groups is 1. The highest BCUT2D eigenvalue weighted by Crippen LogP contribution is 2.43. The van der Waals surface area contributed by atoms with Crippen LogP contribution in [-0.4, -0.2) is 82.5 Å². The number of unbranched alkanes of at least 4 members (excludes halogenated alkanes) is 15. The number of nitrogens with zero attached hydrogens (tertiary/aromatic N) is 1. The summed E-state index contributed by atoms with van der Waals surface area (Å²) in [6.45, 7) is 2.94. The third-order valence-electron chi connectivity index (χ3n) is 6.65. The Balaban J connectivity index is 3.60. The van der Waals surface area contributed by atoms with Crippen molar-refractivity contribution in [3.63, 3.8) is 0 Å². The summed E-state index contributed by atoms with van der Waals surface area (Å²) in [6, 6.07) is 0. The van der Waals surface area contributed by atoms with E-state index >= 15 is 0 Å². The van der Waals surface area contributed by atoms with Gasteiger partial charge in [-0.05, 0) is 6.42 Å². The molecule has 0 aromatic carbocycles. The number of carbonyl (C=O) groups is 1. The van der Waals surface area contributed by atoms with E-state index in [1.165, 1.54) is 97.0 Å². The van der Waals surface area contributed by atoms with Gasteiger partial charge in [-0.15, -0.1) is 0 Å². The van der Waals surface area contributed by atoms with Gasteiger partial charge in [-0.1, -0.05) is 103 Å². The fourth-order valence-corrected chi connectivity index (χ4v) is 4.82. The second-order valence-electron chi connectivity index (χ2n) is 11.6. The molecule has 8 nitrogen and oxygen atoms in total. The molecule has 2 atom stereocenters. The Hall–Kier alpha value is -0.340. The van der Waals surface area contributed by atoms with Gasteiger partial charge in [-0.3, -0.25) is 13.8 Å². The summed E-state index contributed by atoms with van der Waals surface area (Å²) in [7, 11) is 3.21. The fraction of sp³-hybridized carbons (Fsp3) is 0.966. The lowest BCUT2D eigenvalue weighted by molar-refractivity contribution is -0.870. The van der Waals surface area contributed by atoms with Crippen molar-refractivity contribution in [2.24, 2.45) is 0 Å². The summed E-state index contributed by atoms with van der Waals surface area (Å²) in [5.41, 5.74) is 0. The lowest BCUT2D eigenvalue weighted by atomic mass is 10.0. The maximum atomic E-state index is 12.1. The number of carbonyl (C=O) groups excluding carboxylic acids is 1. The third-order valence-corrected chi connectivity index (χ3v) is 7.63. The van der Waals surface area contributed by atoms with Gasteiger partial charge in [0.15, 0.2) is 5.78 Å². The van der Waals surface area contributed by atoms with Gasteiger partial charge in [0.2, 0.25) is 0 Å². The van der Waals surface area contributed by atoms with Gasteiger partial charge in [-0.25, -0.2) is 4.57 Å². The first kappa shape index (κ1) is 37.7. The third kappa shape index (κ3) is 27.2. The Morgan fingerprint density at radius 2 is 1.24 bits per heavy atom. The van der Waals surface area contributed by atoms with Crippen LogP contribution in [0.5, 0.6) is 0 Å². The van der Waals surface area contributed by atoms with Crippen molar-refractivity contribution in [2.75, 3.05) is 61.2 Å². The average Bonchev–Trinajstić information content (AvgIpc) is 2.84. The van der Waals surface area contributed by atoms with Crippen LogP contribution in [-0.2, 0) is 27.9 Å². The van der Waals surface area contributed by atoms with E-state index in [4.69, 9.17) is 18.5 Å². The van der Waals surface area contributed by atoms with Crippen LogP contribution in [0.25, 0.3) is 0 Å². The SMILES string of the molecule is CCCCCCCCCCCCCCCCCCC(=O)COCC(COP(=O)(O)OCC[N+](C)(C)C)OC. The summed E-state index contributed by atoms with van der Waals surface area (Å²) in [5, 5.41) is 0. The Morgan fingerprint density at radius 1 is 0.763 bits per heavy atom. The first-order chi connectivity index (χ1) is 18.1. The molecule has 1 N–H and O–H groups in total. The molecule has 0 fully saturated rings. The topological polar surface area (TPSA) is 91.3 Å². The van der Waals surface area contributed by atoms with Crippen molar-refractivity contribution in [3.8, 4) is 0 Å². The smallest absolute Gasteiger partial charge is 0.377 e. The van der Waals surface area contributed by atoms with E-state index in [9.17, 15) is 14.3 Å². The highest BCUT2D eigenvalue weighted by atomic mass is 31.2. The zero-order chi connectivity index (χ0) is 28.5. The molecular weight excluding hydrogens is 505 g/mol. The predicted octanol–water partition coefficient (Wildman–Crippen LogP) is 7.08. The largest absolute Gasteiger partial charge is 0.472 e. The number of quaternary nitrogens is 1. The van der Waals surface area contributed by atoms with Crippen molar-refractivity contribution < 1.29 is 37.3 Å². The number of ketones is 1. The number of hydrogen-bond donors (Lipinski definition) is 1. The molecule has 0 spiro atoms.